The summed E-state index contributed by atoms with van der Waals surface area (Å²) in [5, 5.41) is 0. The van der Waals surface area contributed by atoms with Crippen LogP contribution in [0, 0.1) is 0 Å². The summed E-state index contributed by atoms with van der Waals surface area (Å²) in [6.07, 6.45) is 7.13. The Labute approximate surface area is 50.2 Å². The predicted molar refractivity (Wildman–Crippen MR) is 35.1 cm³/mol. The van der Waals surface area contributed by atoms with Crippen molar-refractivity contribution in [1.82, 2.24) is 0 Å². The number of hydrogen-bond acceptors (Lipinski definition) is 0. The molecule has 40 valence electrons. The van der Waals surface area contributed by atoms with Gasteiger partial charge in [-0.3, -0.25) is 0 Å². The summed E-state index contributed by atoms with van der Waals surface area (Å²) in [4.78, 5) is 0. The molecule has 0 atom stereocenters. The van der Waals surface area contributed by atoms with E-state index in [9.17, 15) is 0 Å². The fourth-order valence-electron chi connectivity index (χ4n) is 1.05. The van der Waals surface area contributed by atoms with Crippen LogP contribution in [0.25, 0.3) is 0 Å². The average molecular weight is 116 g/mol. The molecule has 7 heavy (non-hydrogen) atoms. The maximum atomic E-state index is 5.82. The van der Waals surface area contributed by atoms with Gasteiger partial charge in [-0.25, -0.2) is 0 Å². The van der Waals surface area contributed by atoms with Crippen LogP contribution in [-0.4, -0.2) is 6.13 Å². The van der Waals surface area contributed by atoms with Crippen molar-refractivity contribution < 1.29 is 0 Å². The van der Waals surface area contributed by atoms with Crippen LogP contribution in [0.15, 0.2) is 0 Å². The van der Waals surface area contributed by atoms with Gasteiger partial charge in [-0.1, -0.05) is 31.9 Å². The summed E-state index contributed by atoms with van der Waals surface area (Å²) in [6.45, 7) is 0. The van der Waals surface area contributed by atoms with Crippen molar-refractivity contribution in [3.63, 3.8) is 0 Å². The van der Waals surface area contributed by atoms with Crippen LogP contribution in [0.5, 0.6) is 0 Å². The first-order valence-electron chi connectivity index (χ1n) is 3.03. The molecule has 0 saturated carbocycles. The summed E-state index contributed by atoms with van der Waals surface area (Å²) >= 11 is 5.82. The van der Waals surface area contributed by atoms with Gasteiger partial charge < -0.3 is 0 Å². The quantitative estimate of drug-likeness (QED) is 0.426. The zero-order valence-corrected chi connectivity index (χ0v) is 5.25. The minimum Gasteiger partial charge on any atom is -0.196 e. The standard InChI is InChI=1S/C5H10BCl/c7-6-4-2-1-3-5-6/h1-5H2. The van der Waals surface area contributed by atoms with E-state index in [2.05, 4.69) is 0 Å². The van der Waals surface area contributed by atoms with E-state index >= 15 is 0 Å². The first kappa shape index (κ1) is 5.49. The van der Waals surface area contributed by atoms with Gasteiger partial charge in [0.15, 0.2) is 0 Å². The largest absolute Gasteiger partial charge is 0.250 e. The molecule has 0 spiro atoms. The summed E-state index contributed by atoms with van der Waals surface area (Å²) in [5.74, 6) is 0. The van der Waals surface area contributed by atoms with Gasteiger partial charge in [0.2, 0.25) is 0 Å². The van der Waals surface area contributed by atoms with Gasteiger partial charge in [0, 0.05) is 0 Å². The molecule has 0 radical (unpaired) electrons. The topological polar surface area (TPSA) is 0 Å². The van der Waals surface area contributed by atoms with Crippen molar-refractivity contribution in [2.24, 2.45) is 0 Å². The van der Waals surface area contributed by atoms with Gasteiger partial charge in [0.25, 0.3) is 6.13 Å². The van der Waals surface area contributed by atoms with Crippen LogP contribution in [0.1, 0.15) is 19.3 Å². The smallest absolute Gasteiger partial charge is 0.196 e. The zero-order chi connectivity index (χ0) is 5.11. The summed E-state index contributed by atoms with van der Waals surface area (Å²) in [7, 11) is 0. The molecule has 1 heterocycles. The fourth-order valence-corrected chi connectivity index (χ4v) is 1.36. The molecule has 1 aliphatic heterocycles. The highest BCUT2D eigenvalue weighted by atomic mass is 35.5. The van der Waals surface area contributed by atoms with Crippen LogP contribution in [0.3, 0.4) is 0 Å². The Morgan fingerprint density at radius 2 is 1.57 bits per heavy atom. The van der Waals surface area contributed by atoms with E-state index in [0.717, 1.165) is 0 Å². The minimum atomic E-state index is 0.508. The maximum Gasteiger partial charge on any atom is 0.250 e. The Bertz CT molecular complexity index is 50.0. The van der Waals surface area contributed by atoms with E-state index < -0.39 is 0 Å². The van der Waals surface area contributed by atoms with Gasteiger partial charge in [-0.15, -0.1) is 0 Å². The van der Waals surface area contributed by atoms with Gasteiger partial charge in [-0.05, 0) is 0 Å². The van der Waals surface area contributed by atoms with Crippen molar-refractivity contribution in [1.29, 1.82) is 0 Å². The van der Waals surface area contributed by atoms with Crippen molar-refractivity contribution in [2.45, 2.75) is 31.9 Å². The van der Waals surface area contributed by atoms with Crippen LogP contribution >= 0.6 is 11.5 Å². The molecular weight excluding hydrogens is 106 g/mol. The second kappa shape index (κ2) is 2.61. The molecule has 1 aliphatic rings. The highest BCUT2D eigenvalue weighted by Crippen LogP contribution is 2.20. The number of hydrogen-bond donors (Lipinski definition) is 0. The van der Waals surface area contributed by atoms with E-state index in [1.54, 1.807) is 0 Å². The normalized spacial score (nSPS) is 22.7. The SMILES string of the molecule is ClB1CCCCC1. The molecule has 0 aromatic carbocycles. The van der Waals surface area contributed by atoms with Gasteiger partial charge in [0.05, 0.1) is 0 Å². The molecule has 1 fully saturated rings. The second-order valence-electron chi connectivity index (χ2n) is 2.24. The van der Waals surface area contributed by atoms with Crippen LogP contribution in [0.4, 0.5) is 0 Å². The van der Waals surface area contributed by atoms with Crippen LogP contribution in [-0.2, 0) is 0 Å². The van der Waals surface area contributed by atoms with Crippen molar-refractivity contribution in [3.8, 4) is 0 Å². The molecule has 0 aromatic heterocycles. The molecule has 1 rings (SSSR count). The molecule has 0 aromatic rings. The lowest BCUT2D eigenvalue weighted by molar-refractivity contribution is 0.731. The molecule has 0 amide bonds. The Hall–Kier alpha value is 0.355. The lowest BCUT2D eigenvalue weighted by atomic mass is 9.63. The Balaban J connectivity index is 2.12. The van der Waals surface area contributed by atoms with Crippen molar-refractivity contribution in [2.75, 3.05) is 0 Å². The summed E-state index contributed by atoms with van der Waals surface area (Å²) in [6, 6.07) is 0. The zero-order valence-electron chi connectivity index (χ0n) is 4.49. The van der Waals surface area contributed by atoms with E-state index in [0.29, 0.717) is 6.13 Å². The van der Waals surface area contributed by atoms with Crippen LogP contribution in [0.2, 0.25) is 12.6 Å². The van der Waals surface area contributed by atoms with E-state index in [-0.39, 0.29) is 0 Å². The third kappa shape index (κ3) is 1.73. The molecular formula is C5H10BCl. The third-order valence-electron chi connectivity index (χ3n) is 1.53. The first-order valence-corrected chi connectivity index (χ1v) is 3.47. The number of rotatable bonds is 0. The van der Waals surface area contributed by atoms with E-state index in [1.807, 2.05) is 0 Å². The van der Waals surface area contributed by atoms with Crippen molar-refractivity contribution >= 4 is 17.6 Å². The number of halogens is 1. The molecule has 0 nitrogen and oxygen atoms in total. The highest BCUT2D eigenvalue weighted by Gasteiger charge is 2.13. The van der Waals surface area contributed by atoms with E-state index in [1.165, 1.54) is 31.9 Å². The van der Waals surface area contributed by atoms with Crippen LogP contribution < -0.4 is 0 Å². The molecule has 0 unspecified atom stereocenters. The summed E-state index contributed by atoms with van der Waals surface area (Å²) < 4.78 is 0. The predicted octanol–water partition coefficient (Wildman–Crippen LogP) is 2.40. The molecule has 0 aliphatic carbocycles. The van der Waals surface area contributed by atoms with E-state index in [4.69, 9.17) is 11.5 Å². The fraction of sp³-hybridized carbons (Fsp3) is 1.00. The lowest BCUT2D eigenvalue weighted by Gasteiger charge is -2.10. The van der Waals surface area contributed by atoms with Gasteiger partial charge in [-0.2, -0.15) is 11.5 Å². The second-order valence-corrected chi connectivity index (χ2v) is 2.85. The average Bonchev–Trinajstić information content (AvgIpc) is 1.69. The third-order valence-corrected chi connectivity index (χ3v) is 1.97. The Morgan fingerprint density at radius 1 is 1.00 bits per heavy atom. The molecule has 0 bridgehead atoms. The molecule has 1 saturated heterocycles. The highest BCUT2D eigenvalue weighted by molar-refractivity contribution is 7.06. The van der Waals surface area contributed by atoms with Gasteiger partial charge in [0.1, 0.15) is 0 Å². The maximum absolute atomic E-state index is 5.82. The molecule has 0 N–H and O–H groups in total. The summed E-state index contributed by atoms with van der Waals surface area (Å²) in [5.41, 5.74) is 0. The van der Waals surface area contributed by atoms with Crippen molar-refractivity contribution in [3.05, 3.63) is 0 Å². The molecule has 2 heteroatoms. The minimum absolute atomic E-state index is 0.508. The Morgan fingerprint density at radius 3 is 1.86 bits per heavy atom. The lowest BCUT2D eigenvalue weighted by Crippen LogP contribution is -2.06. The first-order chi connectivity index (χ1) is 3.39. The monoisotopic (exact) mass is 116 g/mol. The van der Waals surface area contributed by atoms with Gasteiger partial charge >= 0.3 is 0 Å². The Kier molecular flexibility index (Phi) is 2.05.